The SMILES string of the molecule is Sc1ccccc1-c1ccncc1. The van der Waals surface area contributed by atoms with Crippen LogP contribution in [0.3, 0.4) is 0 Å². The Labute approximate surface area is 82.9 Å². The summed E-state index contributed by atoms with van der Waals surface area (Å²) in [5.74, 6) is 0. The Balaban J connectivity index is 2.54. The van der Waals surface area contributed by atoms with Gasteiger partial charge in [0, 0.05) is 17.3 Å². The van der Waals surface area contributed by atoms with Gasteiger partial charge in [0.15, 0.2) is 0 Å². The van der Waals surface area contributed by atoms with Crippen LogP contribution >= 0.6 is 12.6 Å². The monoisotopic (exact) mass is 187 g/mol. The van der Waals surface area contributed by atoms with Crippen molar-refractivity contribution < 1.29 is 0 Å². The minimum Gasteiger partial charge on any atom is -0.265 e. The summed E-state index contributed by atoms with van der Waals surface area (Å²) in [6.07, 6.45) is 3.57. The molecule has 0 radical (unpaired) electrons. The van der Waals surface area contributed by atoms with Crippen LogP contribution in [-0.4, -0.2) is 4.98 Å². The maximum absolute atomic E-state index is 4.39. The van der Waals surface area contributed by atoms with E-state index >= 15 is 0 Å². The van der Waals surface area contributed by atoms with Crippen LogP contribution in [0.1, 0.15) is 0 Å². The predicted molar refractivity (Wildman–Crippen MR) is 56.9 cm³/mol. The van der Waals surface area contributed by atoms with Crippen molar-refractivity contribution >= 4 is 12.6 Å². The van der Waals surface area contributed by atoms with E-state index in [2.05, 4.69) is 23.7 Å². The van der Waals surface area contributed by atoms with Crippen LogP contribution in [0.25, 0.3) is 11.1 Å². The van der Waals surface area contributed by atoms with Gasteiger partial charge in [-0.1, -0.05) is 18.2 Å². The van der Waals surface area contributed by atoms with Crippen molar-refractivity contribution in [2.45, 2.75) is 4.90 Å². The first-order chi connectivity index (χ1) is 6.38. The van der Waals surface area contributed by atoms with E-state index in [1.807, 2.05) is 30.3 Å². The fourth-order valence-corrected chi connectivity index (χ4v) is 1.54. The number of pyridine rings is 1. The van der Waals surface area contributed by atoms with E-state index in [4.69, 9.17) is 0 Å². The topological polar surface area (TPSA) is 12.9 Å². The highest BCUT2D eigenvalue weighted by molar-refractivity contribution is 7.80. The average Bonchev–Trinajstić information content (AvgIpc) is 2.20. The molecule has 0 bridgehead atoms. The van der Waals surface area contributed by atoms with Gasteiger partial charge in [-0.25, -0.2) is 0 Å². The van der Waals surface area contributed by atoms with Crippen molar-refractivity contribution in [3.8, 4) is 11.1 Å². The van der Waals surface area contributed by atoms with Gasteiger partial charge in [0.25, 0.3) is 0 Å². The Morgan fingerprint density at radius 1 is 0.923 bits per heavy atom. The lowest BCUT2D eigenvalue weighted by atomic mass is 10.1. The molecule has 0 aliphatic carbocycles. The molecule has 0 aliphatic heterocycles. The Bertz CT molecular complexity index is 398. The third kappa shape index (κ3) is 1.73. The number of thiol groups is 1. The summed E-state index contributed by atoms with van der Waals surface area (Å²) in [4.78, 5) is 4.97. The van der Waals surface area contributed by atoms with Gasteiger partial charge in [-0.05, 0) is 29.3 Å². The molecular weight excluding hydrogens is 178 g/mol. The molecule has 0 N–H and O–H groups in total. The molecule has 0 aliphatic rings. The molecule has 13 heavy (non-hydrogen) atoms. The van der Waals surface area contributed by atoms with Gasteiger partial charge in [-0.2, -0.15) is 0 Å². The van der Waals surface area contributed by atoms with E-state index in [9.17, 15) is 0 Å². The molecule has 64 valence electrons. The number of hydrogen-bond donors (Lipinski definition) is 1. The Kier molecular flexibility index (Phi) is 2.32. The molecule has 1 heterocycles. The van der Waals surface area contributed by atoms with Crippen LogP contribution in [0.4, 0.5) is 0 Å². The molecule has 0 saturated heterocycles. The summed E-state index contributed by atoms with van der Waals surface area (Å²) >= 11 is 4.39. The molecule has 0 spiro atoms. The zero-order valence-electron chi connectivity index (χ0n) is 7.01. The zero-order valence-corrected chi connectivity index (χ0v) is 7.91. The standard InChI is InChI=1S/C11H9NS/c13-11-4-2-1-3-10(11)9-5-7-12-8-6-9/h1-8,13H. The Hall–Kier alpha value is -1.28. The van der Waals surface area contributed by atoms with Gasteiger partial charge in [0.2, 0.25) is 0 Å². The fraction of sp³-hybridized carbons (Fsp3) is 0. The zero-order chi connectivity index (χ0) is 9.10. The van der Waals surface area contributed by atoms with Crippen molar-refractivity contribution in [2.24, 2.45) is 0 Å². The van der Waals surface area contributed by atoms with E-state index in [-0.39, 0.29) is 0 Å². The third-order valence-corrected chi connectivity index (χ3v) is 2.29. The van der Waals surface area contributed by atoms with Crippen molar-refractivity contribution in [3.63, 3.8) is 0 Å². The average molecular weight is 187 g/mol. The van der Waals surface area contributed by atoms with Gasteiger partial charge in [0.1, 0.15) is 0 Å². The van der Waals surface area contributed by atoms with Crippen molar-refractivity contribution in [1.82, 2.24) is 4.98 Å². The van der Waals surface area contributed by atoms with E-state index in [1.54, 1.807) is 12.4 Å². The van der Waals surface area contributed by atoms with Crippen LogP contribution in [-0.2, 0) is 0 Å². The Morgan fingerprint density at radius 2 is 1.62 bits per heavy atom. The molecule has 1 nitrogen and oxygen atoms in total. The van der Waals surface area contributed by atoms with Gasteiger partial charge in [0.05, 0.1) is 0 Å². The van der Waals surface area contributed by atoms with Crippen LogP contribution in [0.2, 0.25) is 0 Å². The normalized spacial score (nSPS) is 9.92. The quantitative estimate of drug-likeness (QED) is 0.677. The number of benzene rings is 1. The summed E-state index contributed by atoms with van der Waals surface area (Å²) in [6, 6.07) is 12.0. The van der Waals surface area contributed by atoms with Crippen molar-refractivity contribution in [1.29, 1.82) is 0 Å². The molecule has 0 fully saturated rings. The summed E-state index contributed by atoms with van der Waals surface area (Å²) < 4.78 is 0. The number of aromatic nitrogens is 1. The van der Waals surface area contributed by atoms with Gasteiger partial charge < -0.3 is 0 Å². The summed E-state index contributed by atoms with van der Waals surface area (Å²) in [6.45, 7) is 0. The molecule has 0 saturated carbocycles. The first-order valence-electron chi connectivity index (χ1n) is 4.06. The van der Waals surface area contributed by atoms with E-state index in [0.717, 1.165) is 16.0 Å². The smallest absolute Gasteiger partial charge is 0.0273 e. The minimum atomic E-state index is 0.994. The van der Waals surface area contributed by atoms with Gasteiger partial charge in [-0.15, -0.1) is 12.6 Å². The second-order valence-electron chi connectivity index (χ2n) is 2.75. The lowest BCUT2D eigenvalue weighted by Gasteiger charge is -2.03. The molecule has 2 aromatic rings. The maximum Gasteiger partial charge on any atom is 0.0273 e. The number of hydrogen-bond acceptors (Lipinski definition) is 2. The first kappa shape index (κ1) is 8.32. The molecular formula is C11H9NS. The molecule has 2 heteroatoms. The van der Waals surface area contributed by atoms with E-state index < -0.39 is 0 Å². The second-order valence-corrected chi connectivity index (χ2v) is 3.23. The Morgan fingerprint density at radius 3 is 2.31 bits per heavy atom. The maximum atomic E-state index is 4.39. The molecule has 0 unspecified atom stereocenters. The summed E-state index contributed by atoms with van der Waals surface area (Å²) in [5, 5.41) is 0. The van der Waals surface area contributed by atoms with Crippen LogP contribution in [0.5, 0.6) is 0 Å². The van der Waals surface area contributed by atoms with Crippen molar-refractivity contribution in [3.05, 3.63) is 48.8 Å². The minimum absolute atomic E-state index is 0.994. The molecule has 1 aromatic heterocycles. The lowest BCUT2D eigenvalue weighted by molar-refractivity contribution is 1.32. The summed E-state index contributed by atoms with van der Waals surface area (Å²) in [7, 11) is 0. The van der Waals surface area contributed by atoms with Gasteiger partial charge in [-0.3, -0.25) is 4.98 Å². The lowest BCUT2D eigenvalue weighted by Crippen LogP contribution is -1.79. The molecule has 2 rings (SSSR count). The van der Waals surface area contributed by atoms with Crippen molar-refractivity contribution in [2.75, 3.05) is 0 Å². The molecule has 0 amide bonds. The van der Waals surface area contributed by atoms with Crippen LogP contribution < -0.4 is 0 Å². The van der Waals surface area contributed by atoms with Crippen LogP contribution in [0, 0.1) is 0 Å². The largest absolute Gasteiger partial charge is 0.265 e. The summed E-state index contributed by atoms with van der Waals surface area (Å²) in [5.41, 5.74) is 2.30. The van der Waals surface area contributed by atoms with Gasteiger partial charge >= 0.3 is 0 Å². The van der Waals surface area contributed by atoms with E-state index in [1.165, 1.54) is 0 Å². The first-order valence-corrected chi connectivity index (χ1v) is 4.51. The van der Waals surface area contributed by atoms with E-state index in [0.29, 0.717) is 0 Å². The highest BCUT2D eigenvalue weighted by Crippen LogP contribution is 2.24. The number of rotatable bonds is 1. The van der Waals surface area contributed by atoms with Crippen LogP contribution in [0.15, 0.2) is 53.7 Å². The molecule has 1 aromatic carbocycles. The molecule has 0 atom stereocenters. The predicted octanol–water partition coefficient (Wildman–Crippen LogP) is 3.04. The third-order valence-electron chi connectivity index (χ3n) is 1.90. The number of nitrogens with zero attached hydrogens (tertiary/aromatic N) is 1. The second kappa shape index (κ2) is 3.62. The highest BCUT2D eigenvalue weighted by atomic mass is 32.1. The fourth-order valence-electron chi connectivity index (χ4n) is 1.25. The highest BCUT2D eigenvalue weighted by Gasteiger charge is 1.98.